The molecule has 0 radical (unpaired) electrons. The number of imidazole rings is 1. The zero-order valence-electron chi connectivity index (χ0n) is 32.7. The van der Waals surface area contributed by atoms with Crippen molar-refractivity contribution in [2.24, 2.45) is 7.05 Å². The largest absolute Gasteiger partial charge is 0.508 e. The number of hydrogen-bond acceptors (Lipinski definition) is 11. The number of halogens is 1. The van der Waals surface area contributed by atoms with Gasteiger partial charge in [-0.05, 0) is 93.4 Å². The van der Waals surface area contributed by atoms with E-state index in [1.807, 2.05) is 6.07 Å². The van der Waals surface area contributed by atoms with Gasteiger partial charge >= 0.3 is 0 Å². The van der Waals surface area contributed by atoms with Gasteiger partial charge in [-0.2, -0.15) is 13.9 Å². The highest BCUT2D eigenvalue weighted by Crippen LogP contribution is 2.46. The van der Waals surface area contributed by atoms with Gasteiger partial charge in [-0.25, -0.2) is 30.4 Å². The molecule has 2 aliphatic rings. The Bertz CT molecular complexity index is 2380. The molecule has 2 fully saturated rings. The van der Waals surface area contributed by atoms with Gasteiger partial charge in [-0.1, -0.05) is 12.1 Å². The molecule has 0 bridgehead atoms. The minimum absolute atomic E-state index is 0.00235. The third-order valence-electron chi connectivity index (χ3n) is 10.7. The number of rotatable bonds is 15. The standard InChI is InChI=1S/C39H49FN8O7S3/c1-38(2,28-57(52,53)46-18-15-42-16-19-46)56(51)48(32-10-12-33(49)13-11-32)39(37-27-43-29-44(37)3,31-9-8-30(26-41)36(40)24-31)14-5-17-45-20-22-47(23-21-45)58(54,55)35-7-4-6-34(50)25-35/h4,6-13,24-25,27,29,42,49-50H,5,14-23,28H2,1-3H3. The predicted molar refractivity (Wildman–Crippen MR) is 219 cm³/mol. The summed E-state index contributed by atoms with van der Waals surface area (Å²) in [6, 6.07) is 17.6. The van der Waals surface area contributed by atoms with Crippen LogP contribution in [0.15, 0.2) is 84.1 Å². The van der Waals surface area contributed by atoms with Crippen LogP contribution in [0.25, 0.3) is 0 Å². The number of sulfonamides is 2. The van der Waals surface area contributed by atoms with E-state index in [4.69, 9.17) is 0 Å². The predicted octanol–water partition coefficient (Wildman–Crippen LogP) is 3.06. The molecule has 3 heterocycles. The Hall–Kier alpha value is -4.42. The molecule has 3 aromatic carbocycles. The monoisotopic (exact) mass is 856 g/mol. The Morgan fingerprint density at radius 2 is 1.62 bits per heavy atom. The number of phenols is 2. The fourth-order valence-electron chi connectivity index (χ4n) is 7.70. The molecule has 0 aliphatic carbocycles. The highest BCUT2D eigenvalue weighted by molar-refractivity contribution is 7.92. The number of aromatic hydroxyl groups is 2. The number of benzene rings is 3. The van der Waals surface area contributed by atoms with Crippen molar-refractivity contribution in [3.8, 4) is 17.6 Å². The van der Waals surface area contributed by atoms with Crippen LogP contribution in [-0.4, -0.2) is 124 Å². The topological polar surface area (TPSA) is 192 Å². The van der Waals surface area contributed by atoms with E-state index in [0.29, 0.717) is 56.1 Å². The Kier molecular flexibility index (Phi) is 13.0. The molecular weight excluding hydrogens is 808 g/mol. The Morgan fingerprint density at radius 3 is 2.22 bits per heavy atom. The highest BCUT2D eigenvalue weighted by Gasteiger charge is 2.50. The quantitative estimate of drug-likeness (QED) is 0.159. The maximum atomic E-state index is 15.9. The van der Waals surface area contributed by atoms with Gasteiger partial charge in [0.1, 0.15) is 39.9 Å². The van der Waals surface area contributed by atoms with Gasteiger partial charge in [-0.3, -0.25) is 4.31 Å². The minimum atomic E-state index is -3.91. The lowest BCUT2D eigenvalue weighted by molar-refractivity contribution is 0.182. The van der Waals surface area contributed by atoms with E-state index in [1.54, 1.807) is 60.5 Å². The number of piperazine rings is 2. The molecule has 2 unspecified atom stereocenters. The molecule has 58 heavy (non-hydrogen) atoms. The van der Waals surface area contributed by atoms with Crippen molar-refractivity contribution in [3.05, 3.63) is 102 Å². The van der Waals surface area contributed by atoms with Crippen molar-refractivity contribution >= 4 is 36.7 Å². The summed E-state index contributed by atoms with van der Waals surface area (Å²) < 4.78 is 90.7. The van der Waals surface area contributed by atoms with Crippen LogP contribution in [0.4, 0.5) is 10.1 Å². The van der Waals surface area contributed by atoms with E-state index in [0.717, 1.165) is 0 Å². The molecule has 0 amide bonds. The molecule has 4 aromatic rings. The van der Waals surface area contributed by atoms with Gasteiger partial charge in [0.2, 0.25) is 20.0 Å². The number of nitrogens with zero attached hydrogens (tertiary/aromatic N) is 7. The minimum Gasteiger partial charge on any atom is -0.508 e. The zero-order chi connectivity index (χ0) is 41.9. The van der Waals surface area contributed by atoms with Crippen LogP contribution >= 0.6 is 0 Å². The number of nitrogens with one attached hydrogen (secondary N) is 1. The molecule has 0 saturated carbocycles. The molecule has 1 aromatic heterocycles. The highest BCUT2D eigenvalue weighted by atomic mass is 32.2. The van der Waals surface area contributed by atoms with Crippen LogP contribution in [0.1, 0.15) is 43.5 Å². The van der Waals surface area contributed by atoms with Gasteiger partial charge in [-0.15, -0.1) is 0 Å². The van der Waals surface area contributed by atoms with Crippen molar-refractivity contribution in [2.75, 3.05) is 69.0 Å². The normalized spacial score (nSPS) is 18.0. The number of aryl methyl sites for hydroxylation is 1. The van der Waals surface area contributed by atoms with Crippen molar-refractivity contribution in [1.29, 1.82) is 5.26 Å². The summed E-state index contributed by atoms with van der Waals surface area (Å²) in [5.74, 6) is -1.48. The summed E-state index contributed by atoms with van der Waals surface area (Å²) in [6.45, 7) is 6.39. The molecule has 0 spiro atoms. The summed E-state index contributed by atoms with van der Waals surface area (Å²) in [5, 5.41) is 33.1. The third kappa shape index (κ3) is 8.93. The van der Waals surface area contributed by atoms with E-state index >= 15 is 8.60 Å². The van der Waals surface area contributed by atoms with Crippen molar-refractivity contribution in [2.45, 2.75) is 41.9 Å². The number of hydrogen-bond donors (Lipinski definition) is 3. The summed E-state index contributed by atoms with van der Waals surface area (Å²) >= 11 is 0. The number of anilines is 1. The number of aromatic nitrogens is 2. The number of phenolic OH excluding ortho intramolecular Hbond substituents is 2. The fraction of sp³-hybridized carbons (Fsp3) is 0.436. The summed E-state index contributed by atoms with van der Waals surface area (Å²) in [7, 11) is -8.21. The van der Waals surface area contributed by atoms with Gasteiger partial charge in [0.25, 0.3) is 0 Å². The maximum absolute atomic E-state index is 15.9. The van der Waals surface area contributed by atoms with Crippen LogP contribution in [0, 0.1) is 17.1 Å². The van der Waals surface area contributed by atoms with Crippen LogP contribution < -0.4 is 9.62 Å². The molecule has 15 nitrogen and oxygen atoms in total. The molecule has 2 aliphatic heterocycles. The molecule has 312 valence electrons. The first-order valence-electron chi connectivity index (χ1n) is 18.9. The second kappa shape index (κ2) is 17.4. The molecule has 3 N–H and O–H groups in total. The van der Waals surface area contributed by atoms with Crippen LogP contribution in [-0.2, 0) is 43.6 Å². The molecular formula is C39H49FN8O7S3. The van der Waals surface area contributed by atoms with E-state index in [2.05, 4.69) is 15.2 Å². The van der Waals surface area contributed by atoms with Gasteiger partial charge in [0, 0.05) is 59.4 Å². The third-order valence-corrected chi connectivity index (χ3v) is 16.9. The van der Waals surface area contributed by atoms with E-state index in [1.165, 1.54) is 57.1 Å². The Morgan fingerprint density at radius 1 is 0.931 bits per heavy atom. The van der Waals surface area contributed by atoms with E-state index in [9.17, 15) is 32.3 Å². The van der Waals surface area contributed by atoms with E-state index < -0.39 is 52.9 Å². The molecule has 6 rings (SSSR count). The van der Waals surface area contributed by atoms with Gasteiger partial charge in [0.05, 0.1) is 44.9 Å². The summed E-state index contributed by atoms with van der Waals surface area (Å²) in [5.41, 5.74) is -0.530. The fourth-order valence-corrected chi connectivity index (χ4v) is 13.2. The van der Waals surface area contributed by atoms with E-state index in [-0.39, 0.29) is 54.6 Å². The molecule has 2 saturated heterocycles. The summed E-state index contributed by atoms with van der Waals surface area (Å²) in [6.07, 6.45) is 3.73. The smallest absolute Gasteiger partial charge is 0.243 e. The summed E-state index contributed by atoms with van der Waals surface area (Å²) in [4.78, 5) is 6.52. The van der Waals surface area contributed by atoms with Gasteiger partial charge < -0.3 is 25.0 Å². The SMILES string of the molecule is Cn1cncc1C(CCCN1CCN(S(=O)(=O)c2cccc(O)c2)CC1)(c1ccc(C#N)c(F)c1)N(c1ccc(O)cc1)S(=O)C(C)(C)CS(=O)(=O)N1CCNCC1. The average Bonchev–Trinajstić information content (AvgIpc) is 3.64. The Labute approximate surface area is 342 Å². The van der Waals surface area contributed by atoms with Gasteiger partial charge in [0.15, 0.2) is 0 Å². The number of nitriles is 1. The second-order valence-electron chi connectivity index (χ2n) is 15.1. The van der Waals surface area contributed by atoms with Crippen molar-refractivity contribution < 1.29 is 35.6 Å². The zero-order valence-corrected chi connectivity index (χ0v) is 35.1. The lowest BCUT2D eigenvalue weighted by Gasteiger charge is -2.48. The van der Waals surface area contributed by atoms with Crippen LogP contribution in [0.2, 0.25) is 0 Å². The average molecular weight is 857 g/mol. The first-order chi connectivity index (χ1) is 27.5. The lowest BCUT2D eigenvalue weighted by atomic mass is 9.81. The first kappa shape index (κ1) is 43.2. The molecule has 19 heteroatoms. The van der Waals surface area contributed by atoms with Crippen molar-refractivity contribution in [3.63, 3.8) is 0 Å². The van der Waals surface area contributed by atoms with Crippen LogP contribution in [0.3, 0.4) is 0 Å². The Balaban J connectivity index is 1.40. The maximum Gasteiger partial charge on any atom is 0.243 e. The van der Waals surface area contributed by atoms with Crippen LogP contribution in [0.5, 0.6) is 11.5 Å². The second-order valence-corrected chi connectivity index (χ2v) is 21.0. The first-order valence-corrected chi connectivity index (χ1v) is 23.0. The lowest BCUT2D eigenvalue weighted by Crippen LogP contribution is -2.57. The molecule has 2 atom stereocenters. The van der Waals surface area contributed by atoms with Crippen molar-refractivity contribution in [1.82, 2.24) is 28.4 Å².